The second-order valence-corrected chi connectivity index (χ2v) is 35.9. The van der Waals surface area contributed by atoms with Gasteiger partial charge >= 0.3 is 109 Å². The van der Waals surface area contributed by atoms with Crippen molar-refractivity contribution in [2.45, 2.75) is 86.2 Å². The Morgan fingerprint density at radius 2 is 1.25 bits per heavy atom. The van der Waals surface area contributed by atoms with Crippen molar-refractivity contribution in [3.63, 3.8) is 0 Å². The van der Waals surface area contributed by atoms with Gasteiger partial charge in [-0.25, -0.2) is 0 Å². The van der Waals surface area contributed by atoms with E-state index in [2.05, 4.69) is 34.6 Å². The summed E-state index contributed by atoms with van der Waals surface area (Å²) < 4.78 is 4.22. The van der Waals surface area contributed by atoms with Gasteiger partial charge in [-0.15, -0.1) is 0 Å². The third-order valence-corrected chi connectivity index (χ3v) is 71.9. The van der Waals surface area contributed by atoms with Crippen LogP contribution in [0.4, 0.5) is 0 Å². The van der Waals surface area contributed by atoms with Crippen LogP contribution < -0.4 is 5.73 Å². The van der Waals surface area contributed by atoms with E-state index in [4.69, 9.17) is 5.73 Å². The van der Waals surface area contributed by atoms with E-state index in [1.54, 1.807) is 0 Å². The van der Waals surface area contributed by atoms with Gasteiger partial charge in [0.15, 0.2) is 0 Å². The molecule has 3 heteroatoms. The van der Waals surface area contributed by atoms with Crippen LogP contribution in [0, 0.1) is 0 Å². The van der Waals surface area contributed by atoms with Gasteiger partial charge < -0.3 is 0 Å². The van der Waals surface area contributed by atoms with Gasteiger partial charge in [-0.05, 0) is 0 Å². The van der Waals surface area contributed by atoms with Crippen LogP contribution in [0.15, 0.2) is 0 Å². The molecule has 0 aromatic heterocycles. The minimum absolute atomic E-state index is 0.0288. The van der Waals surface area contributed by atoms with Gasteiger partial charge in [0, 0.05) is 0 Å². The fourth-order valence-electron chi connectivity index (χ4n) is 25.0. The average Bonchev–Trinajstić information content (AvgIpc) is 3.32. The van der Waals surface area contributed by atoms with Gasteiger partial charge in [-0.3, -0.25) is 0 Å². The van der Waals surface area contributed by atoms with Gasteiger partial charge in [0.1, 0.15) is 0 Å². The third-order valence-electron chi connectivity index (χ3n) is 20.4. The average molecular weight is 313 g/mol. The van der Waals surface area contributed by atoms with Gasteiger partial charge in [-0.2, -0.15) is 0 Å². The van der Waals surface area contributed by atoms with Crippen molar-refractivity contribution >= 4 is 5.91 Å². The number of carbonyl (C=O) groups excluding carboxylic acids is 1. The summed E-state index contributed by atoms with van der Waals surface area (Å²) >= 11 is 0. The van der Waals surface area contributed by atoms with E-state index in [1.807, 2.05) is 0 Å². The van der Waals surface area contributed by atoms with Crippen molar-refractivity contribution in [2.24, 2.45) is 5.73 Å². The molecule has 4 unspecified atom stereocenters. The first kappa shape index (κ1) is 8.58. The van der Waals surface area contributed by atoms with Crippen LogP contribution in [0.1, 0.15) is 41.0 Å². The van der Waals surface area contributed by atoms with Crippen LogP contribution in [-0.2, 0) is 11.3 Å². The molecule has 10 aliphatic heterocycles. The predicted octanol–water partition coefficient (Wildman–Crippen LogP) is 4.57. The molecule has 0 bridgehead atoms. The van der Waals surface area contributed by atoms with Crippen LogP contribution in [0.3, 0.4) is 0 Å². The van der Waals surface area contributed by atoms with E-state index in [0.29, 0.717) is 4.31 Å². The molecule has 0 radical (unpaired) electrons. The Morgan fingerprint density at radius 3 is 1.40 bits per heavy atom. The molecule has 10 rings (SSSR count). The second kappa shape index (κ2) is 0.653. The van der Waals surface area contributed by atoms with Crippen molar-refractivity contribution in [3.05, 3.63) is 0 Å². The van der Waals surface area contributed by atoms with Gasteiger partial charge in [-0.1, -0.05) is 0 Å². The van der Waals surface area contributed by atoms with E-state index < -0.39 is 6.51 Å². The summed E-state index contributed by atoms with van der Waals surface area (Å²) in [5.41, 5.74) is 5.80. The Kier molecular flexibility index (Phi) is 0.280. The number of hydrogen-bond acceptors (Lipinski definition) is 1. The number of nitrogens with two attached hydrogens (primary N) is 1. The van der Waals surface area contributed by atoms with Crippen LogP contribution >= 0.6 is 0 Å². The van der Waals surface area contributed by atoms with E-state index in [1.165, 1.54) is 9.63 Å². The van der Waals surface area contributed by atoms with E-state index in [9.17, 15) is 4.79 Å². The number of rotatable bonds is 2. The molecule has 4 atom stereocenters. The molecule has 20 heavy (non-hydrogen) atoms. The monoisotopic (exact) mass is 313 g/mol. The maximum absolute atomic E-state index is 12.0. The van der Waals surface area contributed by atoms with Crippen LogP contribution in [0.2, 0.25) is 45.1 Å². The molecule has 1 spiro atoms. The zero-order chi connectivity index (χ0) is 13.9. The normalized spacial score (nSPS) is 122. The van der Waals surface area contributed by atoms with E-state index in [-0.39, 0.29) is 5.91 Å². The number of primary amides is 1. The summed E-state index contributed by atoms with van der Waals surface area (Å²) in [6.07, 6.45) is 0.801. The Hall–Kier alpha value is -0.0105. The molecule has 10 fully saturated rings. The van der Waals surface area contributed by atoms with Crippen molar-refractivity contribution in [2.75, 3.05) is 0 Å². The summed E-state index contributed by atoms with van der Waals surface area (Å²) in [5.74, 6) is 0.0288. The first-order valence-electron chi connectivity index (χ1n) is 8.40. The quantitative estimate of drug-likeness (QED) is 0.746. The maximum atomic E-state index is 12.0. The third kappa shape index (κ3) is 0.0626. The van der Waals surface area contributed by atoms with E-state index in [0.717, 1.165) is 37.6 Å². The first-order chi connectivity index (χ1) is 8.92. The SMILES string of the molecule is C[C]12[C]3(C)[C]4(C)[C]5(C)[C]1(C)[Fe]23451678[CH]2[CH]1[CH]6[C]7(CC(N)=O)[CH]28. The Balaban J connectivity index is 1.70. The number of amides is 1. The van der Waals surface area contributed by atoms with Crippen LogP contribution in [0.5, 0.6) is 0 Å². The van der Waals surface area contributed by atoms with Crippen molar-refractivity contribution < 1.29 is 11.3 Å². The van der Waals surface area contributed by atoms with E-state index >= 15 is 0 Å². The molecule has 10 aliphatic rings. The fourth-order valence-corrected chi connectivity index (χ4v) is 116. The van der Waals surface area contributed by atoms with Crippen molar-refractivity contribution in [3.8, 4) is 0 Å². The molecule has 0 saturated carbocycles. The number of fused-ring (bicyclic) bond motifs is 10. The van der Waals surface area contributed by atoms with Crippen LogP contribution in [0.25, 0.3) is 0 Å². The molecule has 0 aromatic carbocycles. The second-order valence-electron chi connectivity index (χ2n) is 12.6. The molecular weight excluding hydrogens is 290 g/mol. The van der Waals surface area contributed by atoms with Gasteiger partial charge in [0.25, 0.3) is 0 Å². The summed E-state index contributed by atoms with van der Waals surface area (Å²) in [6, 6.07) is 0. The molecule has 110 valence electrons. The Labute approximate surface area is 109 Å². The molecule has 2 nitrogen and oxygen atoms in total. The molecule has 0 aromatic rings. The molecular formula is C17H23FeNO. The number of carbonyl (C=O) groups is 1. The zero-order valence-electron chi connectivity index (χ0n) is 12.9. The summed E-state index contributed by atoms with van der Waals surface area (Å²) in [4.78, 5) is 16.5. The van der Waals surface area contributed by atoms with Gasteiger partial charge in [0.2, 0.25) is 0 Å². The summed E-state index contributed by atoms with van der Waals surface area (Å²) in [6.45, 7) is 9.95. The topological polar surface area (TPSA) is 43.1 Å². The Morgan fingerprint density at radius 1 is 0.900 bits per heavy atom. The zero-order valence-corrected chi connectivity index (χ0v) is 14.0. The van der Waals surface area contributed by atoms with Crippen molar-refractivity contribution in [1.82, 2.24) is 0 Å². The fraction of sp³-hybridized carbons (Fsp3) is 0.941. The minimum atomic E-state index is -3.74. The number of hydrogen-bond donors (Lipinski definition) is 1. The molecule has 1 amide bonds. The molecule has 10 saturated heterocycles. The molecule has 2 N–H and O–H groups in total. The summed E-state index contributed by atoms with van der Waals surface area (Å²) in [5, 5.41) is 0. The standard InChI is InChI=1S/C10H15.C7H8NO.Fe/c1-6-7(2)9(4)10(5)8(6)3;8-7(9)5-6-3-1-2-4-6;/h1-5H3;1-4H,5H2,(H2,8,9);. The first-order valence-corrected chi connectivity index (χ1v) is 14.3. The van der Waals surface area contributed by atoms with Crippen LogP contribution in [-0.4, -0.2) is 5.91 Å². The summed E-state index contributed by atoms with van der Waals surface area (Å²) in [7, 11) is 0. The predicted molar refractivity (Wildman–Crippen MR) is 73.3 cm³/mol. The molecule has 0 aliphatic carbocycles. The molecule has 10 heterocycles. The van der Waals surface area contributed by atoms with Gasteiger partial charge in [0.05, 0.1) is 0 Å². The Bertz CT molecular complexity index is 1110. The van der Waals surface area contributed by atoms with Crippen molar-refractivity contribution in [1.29, 1.82) is 0 Å².